The number of carbonyl (C=O) groups is 1. The largest absolute Gasteiger partial charge is 0.376 e. The van der Waals surface area contributed by atoms with Gasteiger partial charge in [0.05, 0.1) is 6.10 Å². The summed E-state index contributed by atoms with van der Waals surface area (Å²) in [6.45, 7) is 5.52. The first-order valence-electron chi connectivity index (χ1n) is 10.4. The van der Waals surface area contributed by atoms with E-state index in [1.807, 2.05) is 24.3 Å². The van der Waals surface area contributed by atoms with Gasteiger partial charge in [-0.25, -0.2) is 0 Å². The van der Waals surface area contributed by atoms with E-state index in [0.29, 0.717) is 12.1 Å². The van der Waals surface area contributed by atoms with Gasteiger partial charge in [-0.15, -0.1) is 0 Å². The Labute approximate surface area is 167 Å². The molecule has 2 aromatic rings. The van der Waals surface area contributed by atoms with E-state index < -0.39 is 0 Å². The van der Waals surface area contributed by atoms with Crippen LogP contribution in [0.25, 0.3) is 11.1 Å². The van der Waals surface area contributed by atoms with Gasteiger partial charge in [0.15, 0.2) is 0 Å². The summed E-state index contributed by atoms with van der Waals surface area (Å²) >= 11 is 0. The molecule has 28 heavy (non-hydrogen) atoms. The monoisotopic (exact) mass is 379 g/mol. The Balaban J connectivity index is 1.39. The maximum atomic E-state index is 12.4. The number of rotatable bonds is 5. The fourth-order valence-electron chi connectivity index (χ4n) is 3.90. The lowest BCUT2D eigenvalue weighted by Gasteiger charge is -2.29. The summed E-state index contributed by atoms with van der Waals surface area (Å²) in [7, 11) is 0. The van der Waals surface area contributed by atoms with Gasteiger partial charge in [0.2, 0.25) is 0 Å². The summed E-state index contributed by atoms with van der Waals surface area (Å²) < 4.78 is 5.68. The number of nitrogens with zero attached hydrogens (tertiary/aromatic N) is 1. The number of ether oxygens (including phenoxy) is 1. The van der Waals surface area contributed by atoms with Crippen LogP contribution in [0.15, 0.2) is 48.5 Å². The van der Waals surface area contributed by atoms with Gasteiger partial charge in [0.25, 0.3) is 5.91 Å². The zero-order chi connectivity index (χ0) is 19.2. The molecule has 2 aliphatic rings. The molecular weight excluding hydrogens is 350 g/mol. The molecule has 0 unspecified atom stereocenters. The predicted molar refractivity (Wildman–Crippen MR) is 113 cm³/mol. The zero-order valence-electron chi connectivity index (χ0n) is 16.3. The molecule has 0 bridgehead atoms. The quantitative estimate of drug-likeness (QED) is 0.838. The van der Waals surface area contributed by atoms with E-state index in [4.69, 9.17) is 4.74 Å². The third-order valence-electron chi connectivity index (χ3n) is 5.57. The lowest BCUT2D eigenvalue weighted by Crippen LogP contribution is -2.43. The summed E-state index contributed by atoms with van der Waals surface area (Å²) in [6.07, 6.45) is 3.50. The molecule has 1 amide bonds. The Bertz CT molecular complexity index is 779. The third kappa shape index (κ3) is 4.72. The molecular formula is C23H29N3O2. The normalized spacial score (nSPS) is 20.0. The molecule has 2 saturated heterocycles. The van der Waals surface area contributed by atoms with Crippen molar-refractivity contribution in [1.82, 2.24) is 10.6 Å². The van der Waals surface area contributed by atoms with Gasteiger partial charge in [-0.2, -0.15) is 0 Å². The van der Waals surface area contributed by atoms with Gasteiger partial charge in [-0.05, 0) is 54.7 Å². The highest BCUT2D eigenvalue weighted by Crippen LogP contribution is 2.25. The minimum Gasteiger partial charge on any atom is -0.376 e. The summed E-state index contributed by atoms with van der Waals surface area (Å²) in [5.74, 6) is -0.0321. The van der Waals surface area contributed by atoms with Crippen LogP contribution in [0.1, 0.15) is 29.6 Å². The van der Waals surface area contributed by atoms with Gasteiger partial charge in [-0.3, -0.25) is 4.79 Å². The van der Waals surface area contributed by atoms with E-state index >= 15 is 0 Å². The van der Waals surface area contributed by atoms with Gasteiger partial charge < -0.3 is 20.3 Å². The number of piperazine rings is 1. The highest BCUT2D eigenvalue weighted by Gasteiger charge is 2.15. The van der Waals surface area contributed by atoms with Crippen molar-refractivity contribution in [3.8, 4) is 11.1 Å². The maximum absolute atomic E-state index is 12.4. The van der Waals surface area contributed by atoms with Crippen molar-refractivity contribution in [1.29, 1.82) is 0 Å². The average molecular weight is 380 g/mol. The molecule has 0 spiro atoms. The van der Waals surface area contributed by atoms with Crippen molar-refractivity contribution < 1.29 is 9.53 Å². The van der Waals surface area contributed by atoms with Crippen LogP contribution in [-0.2, 0) is 4.74 Å². The van der Waals surface area contributed by atoms with Gasteiger partial charge in [0, 0.05) is 50.6 Å². The summed E-state index contributed by atoms with van der Waals surface area (Å²) in [5.41, 5.74) is 4.26. The minimum absolute atomic E-state index is 0.0321. The summed E-state index contributed by atoms with van der Waals surface area (Å²) in [5, 5.41) is 6.39. The van der Waals surface area contributed by atoms with E-state index in [-0.39, 0.29) is 12.0 Å². The summed E-state index contributed by atoms with van der Waals surface area (Å²) in [4.78, 5) is 14.8. The zero-order valence-corrected chi connectivity index (χ0v) is 16.3. The molecule has 2 N–H and O–H groups in total. The van der Waals surface area contributed by atoms with E-state index in [1.54, 1.807) is 0 Å². The molecule has 1 atom stereocenters. The first kappa shape index (κ1) is 19.0. The topological polar surface area (TPSA) is 53.6 Å². The van der Waals surface area contributed by atoms with E-state index in [9.17, 15) is 4.79 Å². The van der Waals surface area contributed by atoms with Gasteiger partial charge in [0.1, 0.15) is 0 Å². The molecule has 148 valence electrons. The van der Waals surface area contributed by atoms with Crippen molar-refractivity contribution in [2.75, 3.05) is 44.2 Å². The molecule has 2 aromatic carbocycles. The predicted octanol–water partition coefficient (Wildman–Crippen LogP) is 3.06. The Hall–Kier alpha value is -2.37. The van der Waals surface area contributed by atoms with Gasteiger partial charge >= 0.3 is 0 Å². The smallest absolute Gasteiger partial charge is 0.251 e. The van der Waals surface area contributed by atoms with Crippen LogP contribution >= 0.6 is 0 Å². The van der Waals surface area contributed by atoms with Crippen LogP contribution in [0.3, 0.4) is 0 Å². The molecule has 5 heteroatoms. The van der Waals surface area contributed by atoms with Crippen LogP contribution in [0.2, 0.25) is 0 Å². The molecule has 0 aliphatic carbocycles. The fraction of sp³-hybridized carbons (Fsp3) is 0.435. The highest BCUT2D eigenvalue weighted by atomic mass is 16.5. The van der Waals surface area contributed by atoms with Crippen molar-refractivity contribution in [2.45, 2.75) is 25.4 Å². The van der Waals surface area contributed by atoms with Crippen molar-refractivity contribution in [3.63, 3.8) is 0 Å². The number of amides is 1. The SMILES string of the molecule is O=C(NC[C@H]1CCCCO1)c1ccc(-c2cccc(N3CCNCC3)c2)cc1. The molecule has 0 saturated carbocycles. The summed E-state index contributed by atoms with van der Waals surface area (Å²) in [6, 6.07) is 16.5. The molecule has 4 rings (SSSR count). The number of nitrogens with one attached hydrogen (secondary N) is 2. The van der Waals surface area contributed by atoms with Crippen LogP contribution in [0.4, 0.5) is 5.69 Å². The van der Waals surface area contributed by atoms with E-state index in [2.05, 4.69) is 39.8 Å². The van der Waals surface area contributed by atoms with Gasteiger partial charge in [-0.1, -0.05) is 24.3 Å². The van der Waals surface area contributed by atoms with E-state index in [1.165, 1.54) is 17.7 Å². The van der Waals surface area contributed by atoms with Crippen LogP contribution < -0.4 is 15.5 Å². The Morgan fingerprint density at radius 2 is 1.89 bits per heavy atom. The van der Waals surface area contributed by atoms with Crippen LogP contribution in [0, 0.1) is 0 Å². The number of hydrogen-bond donors (Lipinski definition) is 2. The number of hydrogen-bond acceptors (Lipinski definition) is 4. The number of benzene rings is 2. The van der Waals surface area contributed by atoms with Crippen molar-refractivity contribution >= 4 is 11.6 Å². The minimum atomic E-state index is -0.0321. The highest BCUT2D eigenvalue weighted by molar-refractivity contribution is 5.94. The average Bonchev–Trinajstić information content (AvgIpc) is 2.79. The van der Waals surface area contributed by atoms with Crippen LogP contribution in [-0.4, -0.2) is 51.3 Å². The molecule has 0 radical (unpaired) electrons. The molecule has 2 fully saturated rings. The second-order valence-corrected chi connectivity index (χ2v) is 7.56. The number of carbonyl (C=O) groups excluding carboxylic acids is 1. The second-order valence-electron chi connectivity index (χ2n) is 7.56. The maximum Gasteiger partial charge on any atom is 0.251 e. The van der Waals surface area contributed by atoms with E-state index in [0.717, 1.165) is 51.2 Å². The lowest BCUT2D eigenvalue weighted by atomic mass is 10.0. The second kappa shape index (κ2) is 9.22. The Morgan fingerprint density at radius 3 is 2.64 bits per heavy atom. The lowest BCUT2D eigenvalue weighted by molar-refractivity contribution is 0.0169. The molecule has 2 aliphatic heterocycles. The van der Waals surface area contributed by atoms with Crippen LogP contribution in [0.5, 0.6) is 0 Å². The van der Waals surface area contributed by atoms with Crippen molar-refractivity contribution in [3.05, 3.63) is 54.1 Å². The fourth-order valence-corrected chi connectivity index (χ4v) is 3.90. The molecule has 2 heterocycles. The Morgan fingerprint density at radius 1 is 1.07 bits per heavy atom. The standard InChI is InChI=1S/C23H29N3O2/c27-23(25-17-22-6-1-2-15-28-22)19-9-7-18(8-10-19)20-4-3-5-21(16-20)26-13-11-24-12-14-26/h3-5,7-10,16,22,24H,1-2,6,11-15,17H2,(H,25,27)/t22-/m1/s1. The van der Waals surface area contributed by atoms with Crippen molar-refractivity contribution in [2.24, 2.45) is 0 Å². The Kier molecular flexibility index (Phi) is 6.24. The number of anilines is 1. The first-order valence-corrected chi connectivity index (χ1v) is 10.4. The molecule has 0 aromatic heterocycles. The first-order chi connectivity index (χ1) is 13.8. The molecule has 5 nitrogen and oxygen atoms in total. The third-order valence-corrected chi connectivity index (χ3v) is 5.57.